The maximum Gasteiger partial charge on any atom is 0.225 e. The number of likely N-dealkylation sites (tertiary alicyclic amines) is 2. The van der Waals surface area contributed by atoms with Gasteiger partial charge in [-0.2, -0.15) is 0 Å². The molecule has 2 aliphatic heterocycles. The maximum absolute atomic E-state index is 12.5. The Bertz CT molecular complexity index is 892. The van der Waals surface area contributed by atoms with Crippen LogP contribution in [0.2, 0.25) is 0 Å². The third-order valence-electron chi connectivity index (χ3n) is 7.20. The highest BCUT2D eigenvalue weighted by Gasteiger charge is 2.36. The molecule has 6 heteroatoms. The van der Waals surface area contributed by atoms with Gasteiger partial charge in [0.1, 0.15) is 18.0 Å². The monoisotopic (exact) mass is 409 g/mol. The van der Waals surface area contributed by atoms with Crippen LogP contribution < -0.4 is 4.74 Å². The van der Waals surface area contributed by atoms with E-state index in [0.29, 0.717) is 24.4 Å². The lowest BCUT2D eigenvalue weighted by atomic mass is 9.84. The molecule has 1 amide bonds. The number of fused-ring (bicyclic) bond motifs is 1. The molecule has 1 saturated carbocycles. The summed E-state index contributed by atoms with van der Waals surface area (Å²) in [6, 6.07) is 8.44. The van der Waals surface area contributed by atoms with E-state index in [1.54, 1.807) is 6.20 Å². The summed E-state index contributed by atoms with van der Waals surface area (Å²) in [6.45, 7) is 3.29. The number of β-amino-alcohol motifs (C(OH)–C–C–N with tert-alkyl or cyclic N) is 1. The molecule has 1 aliphatic carbocycles. The van der Waals surface area contributed by atoms with E-state index in [0.717, 1.165) is 68.3 Å². The third-order valence-corrected chi connectivity index (χ3v) is 7.20. The van der Waals surface area contributed by atoms with Gasteiger partial charge in [0.25, 0.3) is 0 Å². The number of aromatic nitrogens is 1. The Hall–Kier alpha value is -2.18. The Morgan fingerprint density at radius 1 is 1.03 bits per heavy atom. The lowest BCUT2D eigenvalue weighted by molar-refractivity contribution is -0.140. The van der Waals surface area contributed by atoms with Crippen molar-refractivity contribution in [3.8, 4) is 5.75 Å². The van der Waals surface area contributed by atoms with Crippen LogP contribution in [0.1, 0.15) is 38.5 Å². The van der Waals surface area contributed by atoms with Crippen molar-refractivity contribution in [3.05, 3.63) is 36.7 Å². The predicted molar refractivity (Wildman–Crippen MR) is 115 cm³/mol. The van der Waals surface area contributed by atoms with E-state index in [4.69, 9.17) is 4.74 Å². The van der Waals surface area contributed by atoms with E-state index in [1.165, 1.54) is 6.42 Å². The fourth-order valence-corrected chi connectivity index (χ4v) is 5.08. The Morgan fingerprint density at radius 3 is 2.60 bits per heavy atom. The smallest absolute Gasteiger partial charge is 0.225 e. The highest BCUT2D eigenvalue weighted by Crippen LogP contribution is 2.30. The molecule has 3 fully saturated rings. The molecule has 2 aromatic rings. The molecule has 5 rings (SSSR count). The first-order chi connectivity index (χ1) is 14.7. The normalized spacial score (nSPS) is 26.5. The number of amides is 1. The van der Waals surface area contributed by atoms with Gasteiger partial charge in [-0.15, -0.1) is 0 Å². The minimum Gasteiger partial charge on any atom is -0.488 e. The number of aliphatic hydroxyl groups excluding tert-OH is 1. The van der Waals surface area contributed by atoms with Crippen LogP contribution in [-0.2, 0) is 4.79 Å². The Kier molecular flexibility index (Phi) is 5.61. The van der Waals surface area contributed by atoms with Gasteiger partial charge in [0, 0.05) is 55.9 Å². The molecule has 0 unspecified atom stereocenters. The quantitative estimate of drug-likeness (QED) is 0.841. The van der Waals surface area contributed by atoms with Crippen molar-refractivity contribution < 1.29 is 14.6 Å². The number of hydrogen-bond acceptors (Lipinski definition) is 5. The number of carbonyl (C=O) groups excluding carboxylic acids is 1. The van der Waals surface area contributed by atoms with Crippen molar-refractivity contribution in [3.63, 3.8) is 0 Å². The molecular formula is C24H31N3O3. The summed E-state index contributed by atoms with van der Waals surface area (Å²) in [5.74, 6) is 1.45. The fraction of sp³-hybridized carbons (Fsp3) is 0.583. The first-order valence-corrected chi connectivity index (χ1v) is 11.4. The van der Waals surface area contributed by atoms with Crippen LogP contribution >= 0.6 is 0 Å². The van der Waals surface area contributed by atoms with Gasteiger partial charge in [0.15, 0.2) is 0 Å². The molecule has 30 heavy (non-hydrogen) atoms. The fourth-order valence-electron chi connectivity index (χ4n) is 5.08. The number of piperidine rings is 2. The summed E-state index contributed by atoms with van der Waals surface area (Å²) in [6.07, 6.45) is 9.12. The van der Waals surface area contributed by atoms with E-state index in [1.807, 2.05) is 30.5 Å². The molecule has 160 valence electrons. The second kappa shape index (κ2) is 8.52. The van der Waals surface area contributed by atoms with Gasteiger partial charge in [0.2, 0.25) is 5.91 Å². The molecule has 3 heterocycles. The number of ether oxygens (including phenoxy) is 1. The molecule has 2 atom stereocenters. The minimum atomic E-state index is -0.502. The number of benzene rings is 1. The lowest BCUT2D eigenvalue weighted by Gasteiger charge is -2.44. The predicted octanol–water partition coefficient (Wildman–Crippen LogP) is 2.84. The van der Waals surface area contributed by atoms with Gasteiger partial charge >= 0.3 is 0 Å². The molecule has 0 bridgehead atoms. The van der Waals surface area contributed by atoms with Gasteiger partial charge in [-0.05, 0) is 55.7 Å². The minimum absolute atomic E-state index is 0.185. The zero-order valence-corrected chi connectivity index (χ0v) is 17.4. The average molecular weight is 410 g/mol. The molecule has 0 spiro atoms. The summed E-state index contributed by atoms with van der Waals surface area (Å²) < 4.78 is 6.15. The van der Waals surface area contributed by atoms with E-state index < -0.39 is 6.10 Å². The SMILES string of the molecule is O=C(C1CCC1)N1CCC(N2CC[C@@H](Oc3ccc4ccncc4c3)[C@H](O)C2)CC1. The van der Waals surface area contributed by atoms with Crippen LogP contribution in [0.5, 0.6) is 5.75 Å². The third kappa shape index (κ3) is 4.03. The van der Waals surface area contributed by atoms with Crippen LogP contribution in [0, 0.1) is 5.92 Å². The molecule has 2 saturated heterocycles. The number of aliphatic hydroxyl groups is 1. The molecule has 1 N–H and O–H groups in total. The standard InChI is InChI=1S/C24H31N3O3/c28-22-16-27(20-7-11-26(12-8-20)24(29)18-2-1-3-18)13-9-23(22)30-21-5-4-17-6-10-25-15-19(17)14-21/h4-6,10,14-15,18,20,22-23,28H,1-3,7-9,11-13,16H2/t22-,23-/m1/s1. The molecule has 1 aromatic heterocycles. The summed E-state index contributed by atoms with van der Waals surface area (Å²) in [5, 5.41) is 12.9. The van der Waals surface area contributed by atoms with Crippen molar-refractivity contribution in [2.24, 2.45) is 5.92 Å². The average Bonchev–Trinajstić information content (AvgIpc) is 2.74. The Labute approximate surface area is 177 Å². The lowest BCUT2D eigenvalue weighted by Crippen LogP contribution is -2.55. The molecule has 6 nitrogen and oxygen atoms in total. The Balaban J connectivity index is 1.13. The van der Waals surface area contributed by atoms with Gasteiger partial charge < -0.3 is 14.7 Å². The molecule has 1 aromatic carbocycles. The maximum atomic E-state index is 12.5. The number of rotatable bonds is 4. The van der Waals surface area contributed by atoms with Gasteiger partial charge in [-0.25, -0.2) is 0 Å². The summed E-state index contributed by atoms with van der Waals surface area (Å²) >= 11 is 0. The van der Waals surface area contributed by atoms with E-state index in [-0.39, 0.29) is 6.10 Å². The number of pyridine rings is 1. The van der Waals surface area contributed by atoms with Crippen LogP contribution in [0.15, 0.2) is 36.7 Å². The van der Waals surface area contributed by atoms with E-state index >= 15 is 0 Å². The second-order valence-electron chi connectivity index (χ2n) is 9.08. The highest BCUT2D eigenvalue weighted by atomic mass is 16.5. The first kappa shape index (κ1) is 19.8. The summed E-state index contributed by atoms with van der Waals surface area (Å²) in [7, 11) is 0. The first-order valence-electron chi connectivity index (χ1n) is 11.4. The van der Waals surface area contributed by atoms with E-state index in [9.17, 15) is 9.90 Å². The highest BCUT2D eigenvalue weighted by molar-refractivity contribution is 5.82. The number of nitrogens with zero attached hydrogens (tertiary/aromatic N) is 3. The number of hydrogen-bond donors (Lipinski definition) is 1. The topological polar surface area (TPSA) is 65.9 Å². The van der Waals surface area contributed by atoms with Crippen molar-refractivity contribution in [1.82, 2.24) is 14.8 Å². The zero-order valence-electron chi connectivity index (χ0n) is 17.4. The summed E-state index contributed by atoms with van der Waals surface area (Å²) in [4.78, 5) is 21.1. The van der Waals surface area contributed by atoms with Gasteiger partial charge in [-0.1, -0.05) is 12.5 Å². The van der Waals surface area contributed by atoms with Crippen LogP contribution in [-0.4, -0.2) is 70.2 Å². The molecular weight excluding hydrogens is 378 g/mol. The Morgan fingerprint density at radius 2 is 1.87 bits per heavy atom. The number of carbonyl (C=O) groups is 1. The van der Waals surface area contributed by atoms with Crippen LogP contribution in [0.25, 0.3) is 10.8 Å². The van der Waals surface area contributed by atoms with Crippen molar-refractivity contribution in [2.75, 3.05) is 26.2 Å². The zero-order chi connectivity index (χ0) is 20.5. The molecule has 0 radical (unpaired) electrons. The van der Waals surface area contributed by atoms with Crippen molar-refractivity contribution >= 4 is 16.7 Å². The summed E-state index contributed by atoms with van der Waals surface area (Å²) in [5.41, 5.74) is 0. The van der Waals surface area contributed by atoms with Crippen LogP contribution in [0.4, 0.5) is 0 Å². The molecule has 3 aliphatic rings. The second-order valence-corrected chi connectivity index (χ2v) is 9.08. The van der Waals surface area contributed by atoms with Crippen LogP contribution in [0.3, 0.4) is 0 Å². The van der Waals surface area contributed by atoms with Gasteiger partial charge in [-0.3, -0.25) is 14.7 Å². The van der Waals surface area contributed by atoms with E-state index in [2.05, 4.69) is 14.8 Å². The van der Waals surface area contributed by atoms with Crippen molar-refractivity contribution in [1.29, 1.82) is 0 Å². The van der Waals surface area contributed by atoms with Gasteiger partial charge in [0.05, 0.1) is 0 Å². The largest absolute Gasteiger partial charge is 0.488 e. The van der Waals surface area contributed by atoms with Crippen molar-refractivity contribution in [2.45, 2.75) is 56.8 Å².